The van der Waals surface area contributed by atoms with Gasteiger partial charge in [0.2, 0.25) is 0 Å². The fourth-order valence-electron chi connectivity index (χ4n) is 1.17. The third kappa shape index (κ3) is 3.41. The number of nitrogens with two attached hydrogens (primary N) is 1. The van der Waals surface area contributed by atoms with E-state index in [9.17, 15) is 0 Å². The first kappa shape index (κ1) is 11.1. The SMILES string of the molecule is C[C@H](N)CNC(CO)c1ccccn1. The normalized spacial score (nSPS) is 15.1. The first-order valence-electron chi connectivity index (χ1n) is 4.74. The number of hydrogen-bond acceptors (Lipinski definition) is 4. The van der Waals surface area contributed by atoms with Crippen LogP contribution >= 0.6 is 0 Å². The van der Waals surface area contributed by atoms with Crippen molar-refractivity contribution in [3.8, 4) is 0 Å². The Morgan fingerprint density at radius 3 is 2.86 bits per heavy atom. The van der Waals surface area contributed by atoms with Gasteiger partial charge in [-0.05, 0) is 19.1 Å². The van der Waals surface area contributed by atoms with E-state index in [1.165, 1.54) is 0 Å². The summed E-state index contributed by atoms with van der Waals surface area (Å²) in [4.78, 5) is 4.16. The van der Waals surface area contributed by atoms with Crippen molar-refractivity contribution >= 4 is 0 Å². The zero-order valence-corrected chi connectivity index (χ0v) is 8.35. The van der Waals surface area contributed by atoms with E-state index in [-0.39, 0.29) is 18.7 Å². The molecule has 0 aromatic carbocycles. The van der Waals surface area contributed by atoms with Crippen LogP contribution in [0.15, 0.2) is 24.4 Å². The van der Waals surface area contributed by atoms with Crippen LogP contribution in [-0.4, -0.2) is 29.3 Å². The maximum atomic E-state index is 9.15. The van der Waals surface area contributed by atoms with Crippen molar-refractivity contribution in [3.63, 3.8) is 0 Å². The standard InChI is InChI=1S/C10H17N3O/c1-8(11)6-13-10(7-14)9-4-2-3-5-12-9/h2-5,8,10,13-14H,6-7,11H2,1H3/t8-,10?/m0/s1. The lowest BCUT2D eigenvalue weighted by Crippen LogP contribution is -2.35. The van der Waals surface area contributed by atoms with Gasteiger partial charge in [-0.15, -0.1) is 0 Å². The van der Waals surface area contributed by atoms with E-state index >= 15 is 0 Å². The number of aromatic nitrogens is 1. The molecule has 0 fully saturated rings. The molecule has 0 amide bonds. The van der Waals surface area contributed by atoms with Crippen molar-refractivity contribution in [1.82, 2.24) is 10.3 Å². The Kier molecular flexibility index (Phi) is 4.52. The molecule has 4 nitrogen and oxygen atoms in total. The van der Waals surface area contributed by atoms with Gasteiger partial charge in [0.15, 0.2) is 0 Å². The molecule has 2 atom stereocenters. The second kappa shape index (κ2) is 5.70. The molecule has 1 unspecified atom stereocenters. The molecule has 14 heavy (non-hydrogen) atoms. The Morgan fingerprint density at radius 2 is 2.36 bits per heavy atom. The summed E-state index contributed by atoms with van der Waals surface area (Å²) >= 11 is 0. The summed E-state index contributed by atoms with van der Waals surface area (Å²) in [5, 5.41) is 12.3. The van der Waals surface area contributed by atoms with Gasteiger partial charge in [-0.25, -0.2) is 0 Å². The second-order valence-electron chi connectivity index (χ2n) is 3.38. The Bertz CT molecular complexity index is 251. The van der Waals surface area contributed by atoms with Crippen molar-refractivity contribution in [2.45, 2.75) is 19.0 Å². The van der Waals surface area contributed by atoms with Crippen molar-refractivity contribution in [2.24, 2.45) is 5.73 Å². The minimum absolute atomic E-state index is 0.0315. The van der Waals surface area contributed by atoms with Crippen LogP contribution in [0.3, 0.4) is 0 Å². The Labute approximate surface area is 84.2 Å². The average Bonchev–Trinajstić information content (AvgIpc) is 2.20. The molecule has 4 heteroatoms. The third-order valence-corrected chi connectivity index (χ3v) is 1.91. The lowest BCUT2D eigenvalue weighted by atomic mass is 10.2. The summed E-state index contributed by atoms with van der Waals surface area (Å²) in [5.41, 5.74) is 6.45. The predicted molar refractivity (Wildman–Crippen MR) is 55.7 cm³/mol. The lowest BCUT2D eigenvalue weighted by Gasteiger charge is -2.16. The molecule has 0 aliphatic rings. The van der Waals surface area contributed by atoms with Gasteiger partial charge in [-0.1, -0.05) is 6.07 Å². The van der Waals surface area contributed by atoms with Gasteiger partial charge in [0.25, 0.3) is 0 Å². The molecular weight excluding hydrogens is 178 g/mol. The summed E-state index contributed by atoms with van der Waals surface area (Å²) in [5.74, 6) is 0. The minimum Gasteiger partial charge on any atom is -0.394 e. The van der Waals surface area contributed by atoms with Crippen LogP contribution in [0.1, 0.15) is 18.7 Å². The maximum absolute atomic E-state index is 9.15. The van der Waals surface area contributed by atoms with E-state index in [1.54, 1.807) is 6.20 Å². The van der Waals surface area contributed by atoms with E-state index in [2.05, 4.69) is 10.3 Å². The average molecular weight is 195 g/mol. The molecular formula is C10H17N3O. The number of nitrogens with zero attached hydrogens (tertiary/aromatic N) is 1. The molecule has 0 aliphatic heterocycles. The highest BCUT2D eigenvalue weighted by atomic mass is 16.3. The predicted octanol–water partition coefficient (Wildman–Crippen LogP) is 0.0518. The highest BCUT2D eigenvalue weighted by Gasteiger charge is 2.10. The third-order valence-electron chi connectivity index (χ3n) is 1.91. The van der Waals surface area contributed by atoms with E-state index in [4.69, 9.17) is 10.8 Å². The van der Waals surface area contributed by atoms with Crippen molar-refractivity contribution in [1.29, 1.82) is 0 Å². The Morgan fingerprint density at radius 1 is 1.57 bits per heavy atom. The molecule has 0 bridgehead atoms. The molecule has 1 rings (SSSR count). The van der Waals surface area contributed by atoms with Crippen molar-refractivity contribution in [2.75, 3.05) is 13.2 Å². The molecule has 4 N–H and O–H groups in total. The highest BCUT2D eigenvalue weighted by molar-refractivity contribution is 5.08. The molecule has 0 spiro atoms. The highest BCUT2D eigenvalue weighted by Crippen LogP contribution is 2.07. The number of rotatable bonds is 5. The topological polar surface area (TPSA) is 71.2 Å². The van der Waals surface area contributed by atoms with Gasteiger partial charge < -0.3 is 16.2 Å². The van der Waals surface area contributed by atoms with Crippen LogP contribution in [-0.2, 0) is 0 Å². The number of hydrogen-bond donors (Lipinski definition) is 3. The molecule has 1 aromatic rings. The molecule has 1 heterocycles. The van der Waals surface area contributed by atoms with Crippen LogP contribution in [0.4, 0.5) is 0 Å². The van der Waals surface area contributed by atoms with Gasteiger partial charge in [-0.3, -0.25) is 4.98 Å². The molecule has 0 saturated heterocycles. The minimum atomic E-state index is -0.123. The molecule has 78 valence electrons. The lowest BCUT2D eigenvalue weighted by molar-refractivity contribution is 0.241. The van der Waals surface area contributed by atoms with Crippen LogP contribution in [0.25, 0.3) is 0 Å². The fourth-order valence-corrected chi connectivity index (χ4v) is 1.17. The Hall–Kier alpha value is -0.970. The van der Waals surface area contributed by atoms with Crippen LogP contribution in [0, 0.1) is 0 Å². The summed E-state index contributed by atoms with van der Waals surface area (Å²) in [7, 11) is 0. The Balaban J connectivity index is 2.54. The quantitative estimate of drug-likeness (QED) is 0.621. The zero-order chi connectivity index (χ0) is 10.4. The number of pyridine rings is 1. The van der Waals surface area contributed by atoms with Crippen LogP contribution in [0.2, 0.25) is 0 Å². The van der Waals surface area contributed by atoms with E-state index in [1.807, 2.05) is 25.1 Å². The summed E-state index contributed by atoms with van der Waals surface area (Å²) in [6.45, 7) is 2.62. The van der Waals surface area contributed by atoms with Gasteiger partial charge in [0.05, 0.1) is 18.3 Å². The monoisotopic (exact) mass is 195 g/mol. The molecule has 0 aliphatic carbocycles. The number of aliphatic hydroxyl groups excluding tert-OH is 1. The summed E-state index contributed by atoms with van der Waals surface area (Å²) < 4.78 is 0. The number of aliphatic hydroxyl groups is 1. The van der Waals surface area contributed by atoms with Crippen LogP contribution in [0.5, 0.6) is 0 Å². The van der Waals surface area contributed by atoms with E-state index < -0.39 is 0 Å². The first-order chi connectivity index (χ1) is 6.74. The van der Waals surface area contributed by atoms with E-state index in [0.29, 0.717) is 6.54 Å². The smallest absolute Gasteiger partial charge is 0.0730 e. The fraction of sp³-hybridized carbons (Fsp3) is 0.500. The maximum Gasteiger partial charge on any atom is 0.0730 e. The molecule has 1 aromatic heterocycles. The van der Waals surface area contributed by atoms with Crippen molar-refractivity contribution in [3.05, 3.63) is 30.1 Å². The second-order valence-corrected chi connectivity index (χ2v) is 3.38. The van der Waals surface area contributed by atoms with Gasteiger partial charge in [0, 0.05) is 18.8 Å². The molecule has 0 radical (unpaired) electrons. The van der Waals surface area contributed by atoms with Crippen molar-refractivity contribution < 1.29 is 5.11 Å². The van der Waals surface area contributed by atoms with Gasteiger partial charge in [0.1, 0.15) is 0 Å². The zero-order valence-electron chi connectivity index (χ0n) is 8.35. The van der Waals surface area contributed by atoms with Crippen LogP contribution < -0.4 is 11.1 Å². The first-order valence-corrected chi connectivity index (χ1v) is 4.74. The summed E-state index contributed by atoms with van der Waals surface area (Å²) in [6, 6.07) is 5.59. The number of nitrogens with one attached hydrogen (secondary N) is 1. The molecule has 0 saturated carbocycles. The largest absolute Gasteiger partial charge is 0.394 e. The van der Waals surface area contributed by atoms with Gasteiger partial charge >= 0.3 is 0 Å². The summed E-state index contributed by atoms with van der Waals surface area (Å²) in [6.07, 6.45) is 1.71. The van der Waals surface area contributed by atoms with Gasteiger partial charge in [-0.2, -0.15) is 0 Å². The van der Waals surface area contributed by atoms with E-state index in [0.717, 1.165) is 5.69 Å².